The van der Waals surface area contributed by atoms with Crippen LogP contribution >= 0.6 is 0 Å². The average molecular weight is 305 g/mol. The molecule has 0 aliphatic heterocycles. The maximum atomic E-state index is 11.3. The number of sulfonamides is 1. The van der Waals surface area contributed by atoms with Crippen LogP contribution in [0.4, 0.5) is 0 Å². The molecule has 21 heavy (non-hydrogen) atoms. The van der Waals surface area contributed by atoms with Crippen LogP contribution < -0.4 is 9.46 Å². The van der Waals surface area contributed by atoms with Crippen molar-refractivity contribution >= 4 is 10.0 Å². The Morgan fingerprint density at radius 2 is 1.67 bits per heavy atom. The molecule has 0 unspecified atom stereocenters. The van der Waals surface area contributed by atoms with Crippen molar-refractivity contribution in [3.05, 3.63) is 54.1 Å². The number of ether oxygens (including phenoxy) is 1. The highest BCUT2D eigenvalue weighted by Gasteiger charge is 2.11. The first kappa shape index (κ1) is 15.5. The second kappa shape index (κ2) is 6.28. The molecule has 0 fully saturated rings. The van der Waals surface area contributed by atoms with Gasteiger partial charge in [-0.3, -0.25) is 0 Å². The highest BCUT2D eigenvalue weighted by molar-refractivity contribution is 7.88. The lowest BCUT2D eigenvalue weighted by molar-refractivity contribution is 0.416. The van der Waals surface area contributed by atoms with Crippen LogP contribution in [0.25, 0.3) is 11.1 Å². The lowest BCUT2D eigenvalue weighted by Gasteiger charge is -2.14. The minimum absolute atomic E-state index is 0.258. The van der Waals surface area contributed by atoms with Crippen LogP contribution in [0.2, 0.25) is 0 Å². The Balaban J connectivity index is 2.27. The summed E-state index contributed by atoms with van der Waals surface area (Å²) >= 11 is 0. The molecule has 0 aromatic heterocycles. The van der Waals surface area contributed by atoms with Crippen molar-refractivity contribution in [2.45, 2.75) is 13.0 Å². The highest BCUT2D eigenvalue weighted by Crippen LogP contribution is 2.30. The Hall–Kier alpha value is -1.85. The largest absolute Gasteiger partial charge is 0.496 e. The monoisotopic (exact) mass is 305 g/mol. The van der Waals surface area contributed by atoms with E-state index >= 15 is 0 Å². The fourth-order valence-electron chi connectivity index (χ4n) is 2.22. The fraction of sp³-hybridized carbons (Fsp3) is 0.250. The van der Waals surface area contributed by atoms with Crippen molar-refractivity contribution in [2.24, 2.45) is 0 Å². The van der Waals surface area contributed by atoms with Gasteiger partial charge >= 0.3 is 0 Å². The molecule has 1 atom stereocenters. The first-order valence-electron chi connectivity index (χ1n) is 6.61. The molecule has 2 aromatic carbocycles. The van der Waals surface area contributed by atoms with Crippen molar-refractivity contribution in [1.29, 1.82) is 0 Å². The standard InChI is InChI=1S/C16H19NO3S/c1-12(17-21(3,18)19)13-8-10-14(11-9-13)15-6-4-5-7-16(15)20-2/h4-12,17H,1-3H3/t12-/m0/s1. The summed E-state index contributed by atoms with van der Waals surface area (Å²) in [5, 5.41) is 0. The first-order valence-corrected chi connectivity index (χ1v) is 8.50. The zero-order valence-corrected chi connectivity index (χ0v) is 13.1. The number of rotatable bonds is 5. The van der Waals surface area contributed by atoms with E-state index in [4.69, 9.17) is 4.74 Å². The zero-order valence-electron chi connectivity index (χ0n) is 12.3. The Morgan fingerprint density at radius 1 is 1.05 bits per heavy atom. The molecule has 0 aliphatic carbocycles. The molecule has 5 heteroatoms. The second-order valence-corrected chi connectivity index (χ2v) is 6.71. The van der Waals surface area contributed by atoms with Crippen LogP contribution in [0.3, 0.4) is 0 Å². The summed E-state index contributed by atoms with van der Waals surface area (Å²) in [4.78, 5) is 0. The molecule has 0 heterocycles. The van der Waals surface area contributed by atoms with Gasteiger partial charge in [0.15, 0.2) is 0 Å². The van der Waals surface area contributed by atoms with E-state index in [0.717, 1.165) is 28.7 Å². The third kappa shape index (κ3) is 4.06. The molecule has 0 saturated carbocycles. The molecule has 4 nitrogen and oxygen atoms in total. The summed E-state index contributed by atoms with van der Waals surface area (Å²) in [6, 6.07) is 15.3. The quantitative estimate of drug-likeness (QED) is 0.924. The summed E-state index contributed by atoms with van der Waals surface area (Å²) < 4.78 is 30.4. The van der Waals surface area contributed by atoms with Gasteiger partial charge in [-0.2, -0.15) is 0 Å². The minimum Gasteiger partial charge on any atom is -0.496 e. The third-order valence-electron chi connectivity index (χ3n) is 3.22. The van der Waals surface area contributed by atoms with Gasteiger partial charge in [-0.25, -0.2) is 13.1 Å². The molecule has 0 saturated heterocycles. The maximum absolute atomic E-state index is 11.3. The van der Waals surface area contributed by atoms with Crippen LogP contribution in [-0.4, -0.2) is 21.8 Å². The summed E-state index contributed by atoms with van der Waals surface area (Å²) in [5.74, 6) is 0.813. The number of hydrogen-bond donors (Lipinski definition) is 1. The van der Waals surface area contributed by atoms with Crippen molar-refractivity contribution in [3.63, 3.8) is 0 Å². The smallest absolute Gasteiger partial charge is 0.209 e. The minimum atomic E-state index is -3.21. The van der Waals surface area contributed by atoms with Crippen molar-refractivity contribution in [2.75, 3.05) is 13.4 Å². The molecule has 0 amide bonds. The fourth-order valence-corrected chi connectivity index (χ4v) is 3.00. The molecule has 112 valence electrons. The van der Waals surface area contributed by atoms with Gasteiger partial charge in [0, 0.05) is 11.6 Å². The van der Waals surface area contributed by atoms with Gasteiger partial charge < -0.3 is 4.74 Å². The zero-order chi connectivity index (χ0) is 15.5. The Kier molecular flexibility index (Phi) is 4.65. The first-order chi connectivity index (χ1) is 9.90. The topological polar surface area (TPSA) is 55.4 Å². The molecule has 0 spiro atoms. The van der Waals surface area contributed by atoms with E-state index in [1.807, 2.05) is 55.5 Å². The molecule has 2 aromatic rings. The van der Waals surface area contributed by atoms with Crippen molar-refractivity contribution in [1.82, 2.24) is 4.72 Å². The lowest BCUT2D eigenvalue weighted by atomic mass is 10.0. The summed E-state index contributed by atoms with van der Waals surface area (Å²) in [6.07, 6.45) is 1.16. The number of nitrogens with one attached hydrogen (secondary N) is 1. The van der Waals surface area contributed by atoms with Gasteiger partial charge in [-0.05, 0) is 24.1 Å². The number of para-hydroxylation sites is 1. The highest BCUT2D eigenvalue weighted by atomic mass is 32.2. The molecular weight excluding hydrogens is 286 g/mol. The maximum Gasteiger partial charge on any atom is 0.209 e. The van der Waals surface area contributed by atoms with E-state index in [1.165, 1.54) is 0 Å². The summed E-state index contributed by atoms with van der Waals surface area (Å²) in [6.45, 7) is 1.82. The van der Waals surface area contributed by atoms with Gasteiger partial charge in [0.05, 0.1) is 13.4 Å². The number of hydrogen-bond acceptors (Lipinski definition) is 3. The van der Waals surface area contributed by atoms with Crippen molar-refractivity contribution in [3.8, 4) is 16.9 Å². The van der Waals surface area contributed by atoms with E-state index in [2.05, 4.69) is 4.72 Å². The van der Waals surface area contributed by atoms with Gasteiger partial charge in [-0.15, -0.1) is 0 Å². The van der Waals surface area contributed by atoms with E-state index in [0.29, 0.717) is 0 Å². The molecule has 2 rings (SSSR count). The van der Waals surface area contributed by atoms with Gasteiger partial charge in [0.1, 0.15) is 5.75 Å². The number of methoxy groups -OCH3 is 1. The van der Waals surface area contributed by atoms with Crippen LogP contribution in [-0.2, 0) is 10.0 Å². The molecular formula is C16H19NO3S. The predicted molar refractivity (Wildman–Crippen MR) is 84.8 cm³/mol. The van der Waals surface area contributed by atoms with E-state index < -0.39 is 10.0 Å². The SMILES string of the molecule is COc1ccccc1-c1ccc([C@H](C)NS(C)(=O)=O)cc1. The van der Waals surface area contributed by atoms with Crippen LogP contribution in [0.15, 0.2) is 48.5 Å². The third-order valence-corrected chi connectivity index (χ3v) is 4.00. The van der Waals surface area contributed by atoms with E-state index in [1.54, 1.807) is 7.11 Å². The average Bonchev–Trinajstić information content (AvgIpc) is 2.45. The Bertz CT molecular complexity index is 709. The normalized spacial score (nSPS) is 12.9. The lowest BCUT2D eigenvalue weighted by Crippen LogP contribution is -2.25. The van der Waals surface area contributed by atoms with Crippen LogP contribution in [0.1, 0.15) is 18.5 Å². The molecule has 0 radical (unpaired) electrons. The Morgan fingerprint density at radius 3 is 2.24 bits per heavy atom. The van der Waals surface area contributed by atoms with Crippen molar-refractivity contribution < 1.29 is 13.2 Å². The van der Waals surface area contributed by atoms with Gasteiger partial charge in [-0.1, -0.05) is 42.5 Å². The van der Waals surface area contributed by atoms with Gasteiger partial charge in [0.2, 0.25) is 10.0 Å². The van der Waals surface area contributed by atoms with E-state index in [9.17, 15) is 8.42 Å². The summed E-state index contributed by atoms with van der Waals surface area (Å²) in [5.41, 5.74) is 2.96. The summed E-state index contributed by atoms with van der Waals surface area (Å²) in [7, 11) is -1.57. The molecule has 0 bridgehead atoms. The van der Waals surface area contributed by atoms with E-state index in [-0.39, 0.29) is 6.04 Å². The predicted octanol–water partition coefficient (Wildman–Crippen LogP) is 2.97. The molecule has 0 aliphatic rings. The Labute approximate surface area is 125 Å². The molecule has 1 N–H and O–H groups in total. The number of benzene rings is 2. The van der Waals surface area contributed by atoms with Crippen LogP contribution in [0, 0.1) is 0 Å². The van der Waals surface area contributed by atoms with Gasteiger partial charge in [0.25, 0.3) is 0 Å². The van der Waals surface area contributed by atoms with Crippen LogP contribution in [0.5, 0.6) is 5.75 Å². The second-order valence-electron chi connectivity index (χ2n) is 4.93.